The number of hydrogen-bond donors (Lipinski definition) is 1. The third-order valence-electron chi connectivity index (χ3n) is 2.38. The van der Waals surface area contributed by atoms with Crippen LogP contribution in [0.25, 0.3) is 0 Å². The maximum absolute atomic E-state index is 9.23. The predicted molar refractivity (Wildman–Crippen MR) is 61.7 cm³/mol. The second kappa shape index (κ2) is 5.89. The van der Waals surface area contributed by atoms with E-state index in [9.17, 15) is 5.11 Å². The lowest BCUT2D eigenvalue weighted by molar-refractivity contribution is -0.0167. The van der Waals surface area contributed by atoms with Gasteiger partial charge in [-0.1, -0.05) is 30.3 Å². The van der Waals surface area contributed by atoms with Crippen LogP contribution < -0.4 is 0 Å². The molecule has 0 amide bonds. The number of ether oxygens (including phenoxy) is 1. The van der Waals surface area contributed by atoms with Crippen molar-refractivity contribution in [2.24, 2.45) is 0 Å². The van der Waals surface area contributed by atoms with Gasteiger partial charge < -0.3 is 9.84 Å². The minimum absolute atomic E-state index is 0.0833. The van der Waals surface area contributed by atoms with Crippen molar-refractivity contribution in [3.8, 4) is 0 Å². The highest BCUT2D eigenvalue weighted by Crippen LogP contribution is 2.19. The molecule has 0 aliphatic heterocycles. The molecule has 0 saturated heterocycles. The fourth-order valence-electron chi connectivity index (χ4n) is 1.69. The maximum Gasteiger partial charge on any atom is 0.0800 e. The van der Waals surface area contributed by atoms with Crippen LogP contribution in [0.15, 0.2) is 30.3 Å². The molecule has 15 heavy (non-hydrogen) atoms. The molecule has 0 bridgehead atoms. The summed E-state index contributed by atoms with van der Waals surface area (Å²) < 4.78 is 5.79. The highest BCUT2D eigenvalue weighted by Gasteiger charge is 2.11. The van der Waals surface area contributed by atoms with Gasteiger partial charge in [-0.05, 0) is 32.8 Å². The van der Waals surface area contributed by atoms with Crippen molar-refractivity contribution < 1.29 is 9.84 Å². The van der Waals surface area contributed by atoms with E-state index in [0.29, 0.717) is 6.42 Å². The summed E-state index contributed by atoms with van der Waals surface area (Å²) >= 11 is 0. The fourth-order valence-corrected chi connectivity index (χ4v) is 1.69. The van der Waals surface area contributed by atoms with Gasteiger partial charge in [-0.15, -0.1) is 0 Å². The van der Waals surface area contributed by atoms with Crippen LogP contribution in [0.5, 0.6) is 0 Å². The van der Waals surface area contributed by atoms with Gasteiger partial charge in [-0.3, -0.25) is 0 Å². The van der Waals surface area contributed by atoms with E-state index in [1.165, 1.54) is 5.56 Å². The minimum Gasteiger partial charge on any atom is -0.393 e. The number of aliphatic hydroxyl groups is 1. The molecule has 0 saturated carbocycles. The minimum atomic E-state index is -0.303. The van der Waals surface area contributed by atoms with E-state index in [0.717, 1.165) is 0 Å². The van der Waals surface area contributed by atoms with Crippen LogP contribution in [0.2, 0.25) is 0 Å². The van der Waals surface area contributed by atoms with Crippen molar-refractivity contribution in [2.45, 2.75) is 45.5 Å². The molecule has 2 nitrogen and oxygen atoms in total. The second-order valence-electron chi connectivity index (χ2n) is 4.08. The van der Waals surface area contributed by atoms with Gasteiger partial charge in [0.1, 0.15) is 0 Å². The van der Waals surface area contributed by atoms with Crippen LogP contribution in [-0.4, -0.2) is 17.3 Å². The van der Waals surface area contributed by atoms with E-state index < -0.39 is 0 Å². The van der Waals surface area contributed by atoms with Gasteiger partial charge in [-0.2, -0.15) is 0 Å². The topological polar surface area (TPSA) is 29.5 Å². The van der Waals surface area contributed by atoms with Crippen molar-refractivity contribution in [3.05, 3.63) is 35.9 Å². The molecule has 0 fully saturated rings. The lowest BCUT2D eigenvalue weighted by Gasteiger charge is -2.20. The van der Waals surface area contributed by atoms with Crippen LogP contribution in [0.4, 0.5) is 0 Å². The van der Waals surface area contributed by atoms with E-state index in [-0.39, 0.29) is 18.3 Å². The Labute approximate surface area is 91.9 Å². The van der Waals surface area contributed by atoms with Crippen molar-refractivity contribution >= 4 is 0 Å². The summed E-state index contributed by atoms with van der Waals surface area (Å²) in [6, 6.07) is 10.1. The Kier molecular flexibility index (Phi) is 4.79. The lowest BCUT2D eigenvalue weighted by atomic mass is 10.1. The molecule has 0 radical (unpaired) electrons. The Morgan fingerprint density at radius 3 is 2.27 bits per heavy atom. The molecule has 0 heterocycles. The molecule has 0 unspecified atom stereocenters. The molecule has 1 rings (SSSR count). The van der Waals surface area contributed by atoms with Crippen LogP contribution in [0, 0.1) is 0 Å². The SMILES string of the molecule is C[C@H](C[C@@H](C)O)O[C@H](C)c1ccccc1. The number of aliphatic hydroxyl groups excluding tert-OH is 1. The smallest absolute Gasteiger partial charge is 0.0800 e. The maximum atomic E-state index is 9.23. The van der Waals surface area contributed by atoms with Gasteiger partial charge in [0.2, 0.25) is 0 Å². The van der Waals surface area contributed by atoms with Crippen molar-refractivity contribution in [1.82, 2.24) is 0 Å². The molecular weight excluding hydrogens is 188 g/mol. The summed E-state index contributed by atoms with van der Waals surface area (Å²) in [4.78, 5) is 0. The van der Waals surface area contributed by atoms with Gasteiger partial charge in [0.05, 0.1) is 18.3 Å². The van der Waals surface area contributed by atoms with Crippen LogP contribution in [0.1, 0.15) is 38.9 Å². The highest BCUT2D eigenvalue weighted by atomic mass is 16.5. The average molecular weight is 208 g/mol. The first-order valence-corrected chi connectivity index (χ1v) is 5.48. The third kappa shape index (κ3) is 4.45. The van der Waals surface area contributed by atoms with Crippen LogP contribution in [-0.2, 0) is 4.74 Å². The van der Waals surface area contributed by atoms with Gasteiger partial charge in [-0.25, -0.2) is 0 Å². The van der Waals surface area contributed by atoms with Gasteiger partial charge in [0.25, 0.3) is 0 Å². The van der Waals surface area contributed by atoms with Crippen molar-refractivity contribution in [3.63, 3.8) is 0 Å². The first-order valence-electron chi connectivity index (χ1n) is 5.48. The number of hydrogen-bond acceptors (Lipinski definition) is 2. The Balaban J connectivity index is 2.45. The molecule has 84 valence electrons. The molecule has 2 heteroatoms. The van der Waals surface area contributed by atoms with E-state index in [1.807, 2.05) is 32.0 Å². The van der Waals surface area contributed by atoms with Crippen molar-refractivity contribution in [1.29, 1.82) is 0 Å². The van der Waals surface area contributed by atoms with E-state index in [1.54, 1.807) is 6.92 Å². The summed E-state index contributed by atoms with van der Waals surface area (Å²) in [7, 11) is 0. The van der Waals surface area contributed by atoms with Crippen LogP contribution >= 0.6 is 0 Å². The molecule has 0 aromatic heterocycles. The molecule has 1 aromatic rings. The first kappa shape index (κ1) is 12.2. The van der Waals surface area contributed by atoms with Gasteiger partial charge in [0.15, 0.2) is 0 Å². The summed E-state index contributed by atoms with van der Waals surface area (Å²) in [5.74, 6) is 0. The van der Waals surface area contributed by atoms with Crippen molar-refractivity contribution in [2.75, 3.05) is 0 Å². The van der Waals surface area contributed by atoms with Gasteiger partial charge >= 0.3 is 0 Å². The highest BCUT2D eigenvalue weighted by molar-refractivity contribution is 5.16. The number of rotatable bonds is 5. The first-order chi connectivity index (χ1) is 7.09. The normalized spacial score (nSPS) is 17.1. The second-order valence-corrected chi connectivity index (χ2v) is 4.08. The van der Waals surface area contributed by atoms with Crippen LogP contribution in [0.3, 0.4) is 0 Å². The molecule has 1 N–H and O–H groups in total. The number of benzene rings is 1. The Bertz CT molecular complexity index is 269. The van der Waals surface area contributed by atoms with E-state index in [2.05, 4.69) is 12.1 Å². The zero-order chi connectivity index (χ0) is 11.3. The molecule has 0 spiro atoms. The quantitative estimate of drug-likeness (QED) is 0.806. The summed E-state index contributed by atoms with van der Waals surface area (Å²) in [6.07, 6.45) is 0.542. The zero-order valence-electron chi connectivity index (χ0n) is 9.68. The Morgan fingerprint density at radius 1 is 1.13 bits per heavy atom. The summed E-state index contributed by atoms with van der Waals surface area (Å²) in [5.41, 5.74) is 1.18. The van der Waals surface area contributed by atoms with Gasteiger partial charge in [0, 0.05) is 0 Å². The third-order valence-corrected chi connectivity index (χ3v) is 2.38. The molecule has 0 aliphatic carbocycles. The summed E-state index contributed by atoms with van der Waals surface area (Å²) in [6.45, 7) is 5.81. The molecular formula is C13H20O2. The Morgan fingerprint density at radius 2 is 1.73 bits per heavy atom. The summed E-state index contributed by atoms with van der Waals surface area (Å²) in [5, 5.41) is 9.23. The molecule has 0 aliphatic rings. The standard InChI is InChI=1S/C13H20O2/c1-10(14)9-11(2)15-12(3)13-7-5-4-6-8-13/h4-8,10-12,14H,9H2,1-3H3/t10-,11-,12-/m1/s1. The predicted octanol–water partition coefficient (Wildman–Crippen LogP) is 2.92. The average Bonchev–Trinajstić information content (AvgIpc) is 2.17. The zero-order valence-corrected chi connectivity index (χ0v) is 9.68. The molecule has 3 atom stereocenters. The van der Waals surface area contributed by atoms with E-state index in [4.69, 9.17) is 4.74 Å². The monoisotopic (exact) mass is 208 g/mol. The lowest BCUT2D eigenvalue weighted by Crippen LogP contribution is -2.17. The fraction of sp³-hybridized carbons (Fsp3) is 0.538. The largest absolute Gasteiger partial charge is 0.393 e. The Hall–Kier alpha value is -0.860. The van der Waals surface area contributed by atoms with E-state index >= 15 is 0 Å². The molecule has 1 aromatic carbocycles.